The summed E-state index contributed by atoms with van der Waals surface area (Å²) < 4.78 is 25.4. The molecule has 3 aromatic rings. The summed E-state index contributed by atoms with van der Waals surface area (Å²) >= 11 is 4.25. The number of amides is 3. The Balaban J connectivity index is 1.46. The molecule has 0 saturated heterocycles. The van der Waals surface area contributed by atoms with Crippen LogP contribution in [0.5, 0.6) is 5.75 Å². The molecule has 3 amide bonds. The van der Waals surface area contributed by atoms with Crippen molar-refractivity contribution >= 4 is 45.3 Å². The van der Waals surface area contributed by atoms with Crippen LogP contribution in [0.3, 0.4) is 0 Å². The topological polar surface area (TPSA) is 106 Å². The number of halogens is 2. The summed E-state index contributed by atoms with van der Waals surface area (Å²) in [7, 11) is 0. The summed E-state index contributed by atoms with van der Waals surface area (Å²) in [5.74, 6) is -0.956. The Hall–Kier alpha value is -2.92. The summed E-state index contributed by atoms with van der Waals surface area (Å²) in [5.41, 5.74) is 0.543. The van der Waals surface area contributed by atoms with Crippen LogP contribution in [-0.4, -0.2) is 27.9 Å². The van der Waals surface area contributed by atoms with Gasteiger partial charge in [-0.25, -0.2) is 9.18 Å². The Morgan fingerprint density at radius 2 is 1.93 bits per heavy atom. The lowest BCUT2D eigenvalue weighted by Crippen LogP contribution is -2.35. The van der Waals surface area contributed by atoms with E-state index in [1.165, 1.54) is 12.1 Å². The standard InChI is InChI=1S/C19H16BrFN4O4S/c1-11(28-15-5-3-2-4-14(15)21)17-24-25-19(29-17)30-10-16(26)23-18(27)22-13-8-6-12(20)7-9-13/h2-9,11H,10H2,1H3,(H2,22,23,26,27). The van der Waals surface area contributed by atoms with Gasteiger partial charge in [0.25, 0.3) is 11.1 Å². The molecule has 3 rings (SSSR count). The Labute approximate surface area is 183 Å². The van der Waals surface area contributed by atoms with Crippen molar-refractivity contribution in [2.24, 2.45) is 0 Å². The van der Waals surface area contributed by atoms with Crippen molar-refractivity contribution in [1.29, 1.82) is 0 Å². The minimum Gasteiger partial charge on any atom is -0.478 e. The maximum absolute atomic E-state index is 13.7. The first kappa shape index (κ1) is 21.8. The zero-order chi connectivity index (χ0) is 21.5. The third-order valence-electron chi connectivity index (χ3n) is 3.59. The van der Waals surface area contributed by atoms with Crippen molar-refractivity contribution in [1.82, 2.24) is 15.5 Å². The van der Waals surface area contributed by atoms with Crippen molar-refractivity contribution in [2.75, 3.05) is 11.1 Å². The van der Waals surface area contributed by atoms with Gasteiger partial charge in [0.15, 0.2) is 17.7 Å². The highest BCUT2D eigenvalue weighted by molar-refractivity contribution is 9.10. The van der Waals surface area contributed by atoms with Gasteiger partial charge in [0.2, 0.25) is 5.91 Å². The number of anilines is 1. The molecule has 2 N–H and O–H groups in total. The maximum Gasteiger partial charge on any atom is 0.325 e. The fourth-order valence-corrected chi connectivity index (χ4v) is 3.04. The lowest BCUT2D eigenvalue weighted by molar-refractivity contribution is -0.117. The molecule has 1 aromatic heterocycles. The van der Waals surface area contributed by atoms with Gasteiger partial charge in [-0.05, 0) is 43.3 Å². The third kappa shape index (κ3) is 6.29. The number of carbonyl (C=O) groups excluding carboxylic acids is 2. The molecule has 0 bridgehead atoms. The van der Waals surface area contributed by atoms with Crippen LogP contribution in [0.15, 0.2) is 62.6 Å². The van der Waals surface area contributed by atoms with Crippen LogP contribution < -0.4 is 15.4 Å². The van der Waals surface area contributed by atoms with E-state index in [1.807, 2.05) is 0 Å². The van der Waals surface area contributed by atoms with E-state index in [2.05, 4.69) is 36.8 Å². The SMILES string of the molecule is CC(Oc1ccccc1F)c1nnc(SCC(=O)NC(=O)Nc2ccc(Br)cc2)o1. The average Bonchev–Trinajstić information content (AvgIpc) is 3.19. The van der Waals surface area contributed by atoms with Gasteiger partial charge in [0.1, 0.15) is 0 Å². The molecular weight excluding hydrogens is 479 g/mol. The van der Waals surface area contributed by atoms with Crippen LogP contribution in [0.2, 0.25) is 0 Å². The number of ether oxygens (including phenoxy) is 1. The Kier molecular flexibility index (Phi) is 7.41. The highest BCUT2D eigenvalue weighted by Crippen LogP contribution is 2.25. The van der Waals surface area contributed by atoms with Crippen molar-refractivity contribution in [2.45, 2.75) is 18.3 Å². The minimum atomic E-state index is -0.686. The molecule has 0 spiro atoms. The number of nitrogens with one attached hydrogen (secondary N) is 2. The molecule has 1 unspecified atom stereocenters. The van der Waals surface area contributed by atoms with Gasteiger partial charge < -0.3 is 14.5 Å². The van der Waals surface area contributed by atoms with Crippen molar-refractivity contribution in [3.8, 4) is 5.75 Å². The predicted molar refractivity (Wildman–Crippen MR) is 112 cm³/mol. The number of hydrogen-bond donors (Lipinski definition) is 2. The normalized spacial score (nSPS) is 11.6. The van der Waals surface area contributed by atoms with E-state index < -0.39 is 23.9 Å². The van der Waals surface area contributed by atoms with Crippen molar-refractivity contribution in [3.05, 3.63) is 64.7 Å². The molecule has 0 saturated carbocycles. The molecule has 1 atom stereocenters. The Morgan fingerprint density at radius 1 is 1.20 bits per heavy atom. The number of imide groups is 1. The largest absolute Gasteiger partial charge is 0.478 e. The summed E-state index contributed by atoms with van der Waals surface area (Å²) in [6.45, 7) is 1.63. The van der Waals surface area contributed by atoms with E-state index in [-0.39, 0.29) is 22.6 Å². The molecule has 30 heavy (non-hydrogen) atoms. The highest BCUT2D eigenvalue weighted by Gasteiger charge is 2.18. The number of benzene rings is 2. The smallest absolute Gasteiger partial charge is 0.325 e. The third-order valence-corrected chi connectivity index (χ3v) is 4.94. The molecule has 0 aliphatic carbocycles. The number of aromatic nitrogens is 2. The summed E-state index contributed by atoms with van der Waals surface area (Å²) in [6, 6.07) is 12.2. The molecular formula is C19H16BrFN4O4S. The zero-order valence-corrected chi connectivity index (χ0v) is 18.0. The molecule has 8 nitrogen and oxygen atoms in total. The molecule has 0 aliphatic rings. The van der Waals surface area contributed by atoms with E-state index in [4.69, 9.17) is 9.15 Å². The van der Waals surface area contributed by atoms with Crippen LogP contribution in [0.4, 0.5) is 14.9 Å². The van der Waals surface area contributed by atoms with Gasteiger partial charge in [-0.3, -0.25) is 10.1 Å². The predicted octanol–water partition coefficient (Wildman–Crippen LogP) is 4.55. The number of para-hydroxylation sites is 1. The van der Waals surface area contributed by atoms with E-state index in [0.29, 0.717) is 5.69 Å². The van der Waals surface area contributed by atoms with Gasteiger partial charge in [-0.1, -0.05) is 39.8 Å². The van der Waals surface area contributed by atoms with Crippen LogP contribution in [0.25, 0.3) is 0 Å². The van der Waals surface area contributed by atoms with Crippen LogP contribution >= 0.6 is 27.7 Å². The zero-order valence-electron chi connectivity index (χ0n) is 15.6. The van der Waals surface area contributed by atoms with Gasteiger partial charge in [-0.2, -0.15) is 0 Å². The fourth-order valence-electron chi connectivity index (χ4n) is 2.21. The molecule has 2 aromatic carbocycles. The number of carbonyl (C=O) groups is 2. The number of rotatable bonds is 7. The molecule has 1 heterocycles. The summed E-state index contributed by atoms with van der Waals surface area (Å²) in [5, 5.41) is 12.5. The first-order chi connectivity index (χ1) is 14.4. The molecule has 11 heteroatoms. The molecule has 0 radical (unpaired) electrons. The summed E-state index contributed by atoms with van der Waals surface area (Å²) in [4.78, 5) is 23.8. The van der Waals surface area contributed by atoms with Crippen LogP contribution in [-0.2, 0) is 4.79 Å². The van der Waals surface area contributed by atoms with Crippen molar-refractivity contribution < 1.29 is 23.1 Å². The monoisotopic (exact) mass is 494 g/mol. The van der Waals surface area contributed by atoms with Gasteiger partial charge in [0.05, 0.1) is 5.75 Å². The minimum absolute atomic E-state index is 0.0635. The summed E-state index contributed by atoms with van der Waals surface area (Å²) in [6.07, 6.45) is -0.686. The average molecular weight is 495 g/mol. The first-order valence-corrected chi connectivity index (χ1v) is 10.4. The second-order valence-corrected chi connectivity index (χ2v) is 7.74. The second-order valence-electron chi connectivity index (χ2n) is 5.89. The molecule has 0 aliphatic heterocycles. The number of nitrogens with zero attached hydrogens (tertiary/aromatic N) is 2. The number of hydrogen-bond acceptors (Lipinski definition) is 7. The van der Waals surface area contributed by atoms with Gasteiger partial charge in [0, 0.05) is 10.2 Å². The maximum atomic E-state index is 13.7. The molecule has 0 fully saturated rings. The van der Waals surface area contributed by atoms with E-state index in [1.54, 1.807) is 43.3 Å². The molecule has 156 valence electrons. The van der Waals surface area contributed by atoms with Crippen LogP contribution in [0.1, 0.15) is 18.9 Å². The van der Waals surface area contributed by atoms with Gasteiger partial charge >= 0.3 is 6.03 Å². The van der Waals surface area contributed by atoms with E-state index in [0.717, 1.165) is 16.2 Å². The highest BCUT2D eigenvalue weighted by atomic mass is 79.9. The van der Waals surface area contributed by atoms with Crippen LogP contribution in [0, 0.1) is 5.82 Å². The first-order valence-electron chi connectivity index (χ1n) is 8.64. The van der Waals surface area contributed by atoms with E-state index in [9.17, 15) is 14.0 Å². The Morgan fingerprint density at radius 3 is 2.67 bits per heavy atom. The lowest BCUT2D eigenvalue weighted by atomic mass is 10.3. The Bertz CT molecular complexity index is 1030. The quantitative estimate of drug-likeness (QED) is 0.463. The number of thioether (sulfide) groups is 1. The van der Waals surface area contributed by atoms with Gasteiger partial charge in [-0.15, -0.1) is 10.2 Å². The number of urea groups is 1. The fraction of sp³-hybridized carbons (Fsp3) is 0.158. The van der Waals surface area contributed by atoms with Crippen molar-refractivity contribution in [3.63, 3.8) is 0 Å². The second kappa shape index (κ2) is 10.2. The lowest BCUT2D eigenvalue weighted by Gasteiger charge is -2.11. The van der Waals surface area contributed by atoms with E-state index >= 15 is 0 Å².